The van der Waals surface area contributed by atoms with Gasteiger partial charge in [-0.2, -0.15) is 12.6 Å². The van der Waals surface area contributed by atoms with Crippen molar-refractivity contribution in [3.05, 3.63) is 11.6 Å². The van der Waals surface area contributed by atoms with Crippen LogP contribution in [0.15, 0.2) is 16.6 Å². The van der Waals surface area contributed by atoms with Gasteiger partial charge in [-0.05, 0) is 18.6 Å². The Balaban J connectivity index is 3.04. The minimum absolute atomic E-state index is 0.155. The van der Waals surface area contributed by atoms with Gasteiger partial charge in [0.1, 0.15) is 5.60 Å². The number of dihydropyridines is 1. The molecule has 0 saturated heterocycles. The van der Waals surface area contributed by atoms with E-state index in [0.29, 0.717) is 5.57 Å². The molecule has 1 aliphatic heterocycles. The molecule has 3 nitrogen and oxygen atoms in total. The van der Waals surface area contributed by atoms with Gasteiger partial charge in [-0.25, -0.2) is 0 Å². The summed E-state index contributed by atoms with van der Waals surface area (Å²) in [7, 11) is 0. The highest BCUT2D eigenvalue weighted by Gasteiger charge is 2.42. The fourth-order valence-electron chi connectivity index (χ4n) is 1.57. The standard InChI is InChI=1S/C9H15NO2S/c1-6-9(12,7(2)13)8(5-11)3-4-10-6/h3-4,6-7,11-13H,5H2,1-2H3. The molecule has 4 heteroatoms. The topological polar surface area (TPSA) is 52.8 Å². The SMILES string of the molecule is CC(S)C1(O)C(CO)=CC=NC1C. The molecule has 0 saturated carbocycles. The molecule has 1 heterocycles. The summed E-state index contributed by atoms with van der Waals surface area (Å²) in [4.78, 5) is 4.09. The van der Waals surface area contributed by atoms with Crippen LogP contribution in [0.25, 0.3) is 0 Å². The van der Waals surface area contributed by atoms with Gasteiger partial charge in [0.05, 0.1) is 12.6 Å². The van der Waals surface area contributed by atoms with Gasteiger partial charge in [-0.15, -0.1) is 0 Å². The van der Waals surface area contributed by atoms with Gasteiger partial charge in [0.2, 0.25) is 0 Å². The molecule has 3 unspecified atom stereocenters. The van der Waals surface area contributed by atoms with Crippen molar-refractivity contribution in [1.82, 2.24) is 0 Å². The summed E-state index contributed by atoms with van der Waals surface area (Å²) in [5.41, 5.74) is -0.537. The number of allylic oxidation sites excluding steroid dienone is 1. The van der Waals surface area contributed by atoms with Crippen molar-refractivity contribution in [3.63, 3.8) is 0 Å². The molecule has 0 radical (unpaired) electrons. The molecule has 74 valence electrons. The molecule has 1 aliphatic rings. The zero-order chi connectivity index (χ0) is 10.1. The molecule has 0 amide bonds. The number of hydrogen-bond acceptors (Lipinski definition) is 4. The number of hydrogen-bond donors (Lipinski definition) is 3. The Morgan fingerprint density at radius 1 is 1.77 bits per heavy atom. The van der Waals surface area contributed by atoms with Crippen molar-refractivity contribution in [1.29, 1.82) is 0 Å². The van der Waals surface area contributed by atoms with Gasteiger partial charge in [-0.1, -0.05) is 6.92 Å². The van der Waals surface area contributed by atoms with Crippen molar-refractivity contribution in [3.8, 4) is 0 Å². The third kappa shape index (κ3) is 1.66. The quantitative estimate of drug-likeness (QED) is 0.567. The number of rotatable bonds is 2. The molecule has 0 bridgehead atoms. The van der Waals surface area contributed by atoms with Crippen LogP contribution in [0.4, 0.5) is 0 Å². The first kappa shape index (κ1) is 10.8. The predicted molar refractivity (Wildman–Crippen MR) is 56.5 cm³/mol. The van der Waals surface area contributed by atoms with Crippen molar-refractivity contribution in [2.75, 3.05) is 6.61 Å². The van der Waals surface area contributed by atoms with Gasteiger partial charge in [0, 0.05) is 11.5 Å². The maximum Gasteiger partial charge on any atom is 0.121 e. The minimum atomic E-state index is -1.12. The van der Waals surface area contributed by atoms with E-state index in [9.17, 15) is 5.11 Å². The van der Waals surface area contributed by atoms with E-state index in [4.69, 9.17) is 5.11 Å². The zero-order valence-electron chi connectivity index (χ0n) is 7.81. The molecule has 0 aromatic rings. The van der Waals surface area contributed by atoms with Crippen LogP contribution in [0.1, 0.15) is 13.8 Å². The Kier molecular flexibility index (Phi) is 3.16. The Hall–Kier alpha value is -0.320. The number of thiol groups is 1. The number of aliphatic hydroxyl groups is 2. The van der Waals surface area contributed by atoms with Gasteiger partial charge < -0.3 is 10.2 Å². The van der Waals surface area contributed by atoms with E-state index < -0.39 is 5.60 Å². The third-order valence-electron chi connectivity index (χ3n) is 2.54. The van der Waals surface area contributed by atoms with Crippen LogP contribution in [0.2, 0.25) is 0 Å². The first-order chi connectivity index (χ1) is 6.03. The third-order valence-corrected chi connectivity index (χ3v) is 2.94. The predicted octanol–water partition coefficient (Wildman–Crippen LogP) is 0.427. The van der Waals surface area contributed by atoms with E-state index in [1.54, 1.807) is 19.2 Å². The average molecular weight is 201 g/mol. The van der Waals surface area contributed by atoms with Crippen LogP contribution in [-0.2, 0) is 0 Å². The molecular weight excluding hydrogens is 186 g/mol. The van der Waals surface area contributed by atoms with Crippen molar-refractivity contribution >= 4 is 18.8 Å². The summed E-state index contributed by atoms with van der Waals surface area (Å²) in [5, 5.41) is 19.1. The summed E-state index contributed by atoms with van der Waals surface area (Å²) in [6.45, 7) is 3.45. The van der Waals surface area contributed by atoms with Crippen LogP contribution in [0, 0.1) is 0 Å². The van der Waals surface area contributed by atoms with Gasteiger partial charge in [-0.3, -0.25) is 4.99 Å². The maximum absolute atomic E-state index is 10.3. The van der Waals surface area contributed by atoms with Crippen LogP contribution in [0.5, 0.6) is 0 Å². The number of aliphatic imine (C=N–C) groups is 1. The monoisotopic (exact) mass is 201 g/mol. The second-order valence-electron chi connectivity index (χ2n) is 3.33. The molecule has 0 spiro atoms. The Bertz CT molecular complexity index is 250. The molecule has 0 aromatic heterocycles. The fraction of sp³-hybridized carbons (Fsp3) is 0.667. The molecule has 0 fully saturated rings. The number of aliphatic hydroxyl groups excluding tert-OH is 1. The first-order valence-corrected chi connectivity index (χ1v) is 4.79. The summed E-state index contributed by atoms with van der Waals surface area (Å²) in [6.07, 6.45) is 3.26. The summed E-state index contributed by atoms with van der Waals surface area (Å²) in [5.74, 6) is 0. The molecule has 13 heavy (non-hydrogen) atoms. The minimum Gasteiger partial charge on any atom is -0.392 e. The molecular formula is C9H15NO2S. The highest BCUT2D eigenvalue weighted by atomic mass is 32.1. The Labute approximate surface area is 83.6 Å². The van der Waals surface area contributed by atoms with Crippen LogP contribution < -0.4 is 0 Å². The average Bonchev–Trinajstić information content (AvgIpc) is 2.09. The van der Waals surface area contributed by atoms with Crippen LogP contribution in [-0.4, -0.2) is 39.9 Å². The lowest BCUT2D eigenvalue weighted by molar-refractivity contribution is 0.0472. The summed E-state index contributed by atoms with van der Waals surface area (Å²) < 4.78 is 0. The van der Waals surface area contributed by atoms with E-state index in [1.807, 2.05) is 6.92 Å². The summed E-state index contributed by atoms with van der Waals surface area (Å²) in [6, 6.07) is -0.257. The number of nitrogens with zero attached hydrogens (tertiary/aromatic N) is 1. The van der Waals surface area contributed by atoms with Crippen molar-refractivity contribution in [2.24, 2.45) is 4.99 Å². The molecule has 0 aromatic carbocycles. The lowest BCUT2D eigenvalue weighted by Gasteiger charge is -2.38. The highest BCUT2D eigenvalue weighted by molar-refractivity contribution is 7.81. The molecule has 0 aliphatic carbocycles. The van der Waals surface area contributed by atoms with Gasteiger partial charge in [0.15, 0.2) is 0 Å². The largest absolute Gasteiger partial charge is 0.392 e. The lowest BCUT2D eigenvalue weighted by atomic mass is 9.83. The Morgan fingerprint density at radius 2 is 2.38 bits per heavy atom. The Morgan fingerprint density at radius 3 is 2.77 bits per heavy atom. The molecule has 2 N–H and O–H groups in total. The van der Waals surface area contributed by atoms with E-state index >= 15 is 0 Å². The fourth-order valence-corrected chi connectivity index (χ4v) is 1.96. The highest BCUT2D eigenvalue weighted by Crippen LogP contribution is 2.31. The van der Waals surface area contributed by atoms with Crippen molar-refractivity contribution in [2.45, 2.75) is 30.7 Å². The second kappa shape index (κ2) is 3.82. The molecule has 1 rings (SSSR count). The van der Waals surface area contributed by atoms with E-state index in [1.165, 1.54) is 0 Å². The first-order valence-electron chi connectivity index (χ1n) is 4.27. The summed E-state index contributed by atoms with van der Waals surface area (Å²) >= 11 is 4.22. The van der Waals surface area contributed by atoms with E-state index in [-0.39, 0.29) is 17.9 Å². The smallest absolute Gasteiger partial charge is 0.121 e. The second-order valence-corrected chi connectivity index (χ2v) is 4.10. The van der Waals surface area contributed by atoms with Crippen LogP contribution >= 0.6 is 12.6 Å². The van der Waals surface area contributed by atoms with Gasteiger partial charge >= 0.3 is 0 Å². The lowest BCUT2D eigenvalue weighted by Crippen LogP contribution is -2.50. The van der Waals surface area contributed by atoms with Crippen molar-refractivity contribution < 1.29 is 10.2 Å². The normalized spacial score (nSPS) is 35.8. The van der Waals surface area contributed by atoms with E-state index in [2.05, 4.69) is 17.6 Å². The zero-order valence-corrected chi connectivity index (χ0v) is 8.70. The van der Waals surface area contributed by atoms with Gasteiger partial charge in [0.25, 0.3) is 0 Å². The van der Waals surface area contributed by atoms with Crippen LogP contribution in [0.3, 0.4) is 0 Å². The molecule has 3 atom stereocenters. The van der Waals surface area contributed by atoms with E-state index in [0.717, 1.165) is 0 Å². The maximum atomic E-state index is 10.3.